The van der Waals surface area contributed by atoms with Crippen LogP contribution in [0.4, 0.5) is 0 Å². The third-order valence-electron chi connectivity index (χ3n) is 6.46. The number of furan rings is 1. The van der Waals surface area contributed by atoms with Crippen molar-refractivity contribution in [2.24, 2.45) is 11.7 Å². The number of aryl methyl sites for hydroxylation is 2. The second-order valence-corrected chi connectivity index (χ2v) is 9.45. The summed E-state index contributed by atoms with van der Waals surface area (Å²) < 4.78 is 7.54. The molecule has 3 aromatic rings. The van der Waals surface area contributed by atoms with Crippen LogP contribution in [0.25, 0.3) is 22.3 Å². The summed E-state index contributed by atoms with van der Waals surface area (Å²) in [6.45, 7) is 10.9. The zero-order valence-corrected chi connectivity index (χ0v) is 20.4. The predicted molar refractivity (Wildman–Crippen MR) is 130 cm³/mol. The molecule has 0 spiro atoms. The number of fused-ring (bicyclic) bond motifs is 1. The maximum absolute atomic E-state index is 13.2. The minimum Gasteiger partial charge on any atom is -0.466 e. The molecule has 0 saturated carbocycles. The van der Waals surface area contributed by atoms with Gasteiger partial charge in [0, 0.05) is 24.7 Å². The van der Waals surface area contributed by atoms with Crippen molar-refractivity contribution in [2.75, 3.05) is 26.2 Å². The van der Waals surface area contributed by atoms with E-state index in [1.165, 1.54) is 0 Å². The zero-order valence-electron chi connectivity index (χ0n) is 20.4. The van der Waals surface area contributed by atoms with Gasteiger partial charge in [-0.15, -0.1) is 0 Å². The number of nitrogens with two attached hydrogens (primary N) is 1. The van der Waals surface area contributed by atoms with E-state index in [0.29, 0.717) is 30.0 Å². The number of hydrogen-bond donors (Lipinski definition) is 2. The molecule has 182 valence electrons. The lowest BCUT2D eigenvalue weighted by molar-refractivity contribution is -0.123. The fourth-order valence-electron chi connectivity index (χ4n) is 4.70. The molecule has 1 unspecified atom stereocenters. The molecule has 3 aromatic heterocycles. The first-order valence-corrected chi connectivity index (χ1v) is 12.0. The summed E-state index contributed by atoms with van der Waals surface area (Å²) >= 11 is 0. The van der Waals surface area contributed by atoms with Crippen molar-refractivity contribution in [3.05, 3.63) is 35.4 Å². The lowest BCUT2D eigenvalue weighted by atomic mass is 9.97. The lowest BCUT2D eigenvalue weighted by Crippen LogP contribution is -2.42. The number of hydrogen-bond acceptors (Lipinski definition) is 6. The lowest BCUT2D eigenvalue weighted by Gasteiger charge is -2.31. The number of nitrogens with zero attached hydrogens (tertiary/aromatic N) is 4. The number of likely N-dealkylation sites (tertiary alicyclic amines) is 1. The normalized spacial score (nSPS) is 16.9. The molecule has 9 nitrogen and oxygen atoms in total. The van der Waals surface area contributed by atoms with Crippen molar-refractivity contribution in [3.8, 4) is 11.3 Å². The van der Waals surface area contributed by atoms with Crippen molar-refractivity contribution in [1.29, 1.82) is 0 Å². The molecule has 1 saturated heterocycles. The Labute approximate surface area is 199 Å². The maximum Gasteiger partial charge on any atom is 0.252 e. The Morgan fingerprint density at radius 3 is 2.76 bits per heavy atom. The maximum atomic E-state index is 13.2. The molecule has 0 aromatic carbocycles. The largest absolute Gasteiger partial charge is 0.466 e. The van der Waals surface area contributed by atoms with Gasteiger partial charge in [-0.1, -0.05) is 0 Å². The number of aromatic nitrogens is 3. The van der Waals surface area contributed by atoms with Gasteiger partial charge < -0.3 is 20.4 Å². The van der Waals surface area contributed by atoms with E-state index in [2.05, 4.69) is 15.3 Å². The molecule has 0 bridgehead atoms. The molecule has 34 heavy (non-hydrogen) atoms. The van der Waals surface area contributed by atoms with E-state index in [1.807, 2.05) is 44.5 Å². The van der Waals surface area contributed by atoms with Crippen molar-refractivity contribution in [3.63, 3.8) is 0 Å². The highest BCUT2D eigenvalue weighted by molar-refractivity contribution is 6.06. The highest BCUT2D eigenvalue weighted by Crippen LogP contribution is 2.30. The smallest absolute Gasteiger partial charge is 0.252 e. The van der Waals surface area contributed by atoms with Gasteiger partial charge in [0.1, 0.15) is 11.5 Å². The molecule has 4 rings (SSSR count). The first-order valence-electron chi connectivity index (χ1n) is 12.0. The summed E-state index contributed by atoms with van der Waals surface area (Å²) in [5.74, 6) is 1.12. The predicted octanol–water partition coefficient (Wildman–Crippen LogP) is 3.21. The summed E-state index contributed by atoms with van der Waals surface area (Å²) in [7, 11) is 0. The number of primary amides is 1. The van der Waals surface area contributed by atoms with Gasteiger partial charge in [-0.2, -0.15) is 5.10 Å². The quantitative estimate of drug-likeness (QED) is 0.492. The molecular weight excluding hydrogens is 432 g/mol. The standard InChI is InChI=1S/C25H34N6O3/c1-15(2)31-24-21(13-28-31)20(12-22(29-24)19-11-16(3)34-17(19)4)25(33)27-8-6-10-30-9-5-7-18(14-30)23(26)32/h11-13,15,18H,5-10,14H2,1-4H3,(H2,26,32)(H,27,33). The number of carbonyl (C=O) groups excluding carboxylic acids is 2. The highest BCUT2D eigenvalue weighted by Gasteiger charge is 2.24. The first kappa shape index (κ1) is 23.9. The highest BCUT2D eigenvalue weighted by atomic mass is 16.3. The van der Waals surface area contributed by atoms with E-state index < -0.39 is 0 Å². The van der Waals surface area contributed by atoms with Crippen LogP contribution in [0.2, 0.25) is 0 Å². The zero-order chi connectivity index (χ0) is 24.4. The summed E-state index contributed by atoms with van der Waals surface area (Å²) in [6, 6.07) is 3.87. The third-order valence-corrected chi connectivity index (χ3v) is 6.46. The number of piperidine rings is 1. The van der Waals surface area contributed by atoms with Gasteiger partial charge in [-0.3, -0.25) is 9.59 Å². The van der Waals surface area contributed by atoms with Crippen molar-refractivity contribution in [2.45, 2.75) is 53.0 Å². The number of pyridine rings is 1. The van der Waals surface area contributed by atoms with Crippen LogP contribution < -0.4 is 11.1 Å². The minimum absolute atomic E-state index is 0.0700. The van der Waals surface area contributed by atoms with E-state index in [0.717, 1.165) is 54.8 Å². The van der Waals surface area contributed by atoms with Crippen LogP contribution in [0.15, 0.2) is 22.7 Å². The van der Waals surface area contributed by atoms with Crippen LogP contribution in [0.1, 0.15) is 61.0 Å². The van der Waals surface area contributed by atoms with Gasteiger partial charge in [0.2, 0.25) is 5.91 Å². The molecule has 1 fully saturated rings. The summed E-state index contributed by atoms with van der Waals surface area (Å²) in [5.41, 5.74) is 8.28. The van der Waals surface area contributed by atoms with Gasteiger partial charge in [-0.05, 0) is 72.2 Å². The Morgan fingerprint density at radius 2 is 2.09 bits per heavy atom. The van der Waals surface area contributed by atoms with E-state index in [-0.39, 0.29) is 23.8 Å². The van der Waals surface area contributed by atoms with Crippen LogP contribution in [0.5, 0.6) is 0 Å². The average molecular weight is 467 g/mol. The van der Waals surface area contributed by atoms with E-state index in [9.17, 15) is 9.59 Å². The fraction of sp³-hybridized carbons (Fsp3) is 0.520. The molecule has 4 heterocycles. The average Bonchev–Trinajstić information content (AvgIpc) is 3.38. The molecule has 2 amide bonds. The van der Waals surface area contributed by atoms with Gasteiger partial charge in [0.25, 0.3) is 5.91 Å². The Balaban J connectivity index is 1.50. The van der Waals surface area contributed by atoms with Crippen molar-refractivity contribution < 1.29 is 14.0 Å². The Hall–Kier alpha value is -3.20. The first-order chi connectivity index (χ1) is 16.2. The van der Waals surface area contributed by atoms with E-state index in [4.69, 9.17) is 15.1 Å². The van der Waals surface area contributed by atoms with Crippen LogP contribution in [0.3, 0.4) is 0 Å². The molecule has 0 aliphatic carbocycles. The fourth-order valence-corrected chi connectivity index (χ4v) is 4.70. The second-order valence-electron chi connectivity index (χ2n) is 9.45. The number of amides is 2. The molecule has 0 radical (unpaired) electrons. The molecule has 1 aliphatic rings. The molecule has 1 atom stereocenters. The van der Waals surface area contributed by atoms with Crippen LogP contribution in [-0.4, -0.2) is 57.7 Å². The van der Waals surface area contributed by atoms with Crippen molar-refractivity contribution >= 4 is 22.8 Å². The summed E-state index contributed by atoms with van der Waals surface area (Å²) in [6.07, 6.45) is 4.35. The molecule has 1 aliphatic heterocycles. The monoisotopic (exact) mass is 466 g/mol. The molecular formula is C25H34N6O3. The van der Waals surface area contributed by atoms with Gasteiger partial charge in [0.15, 0.2) is 5.65 Å². The van der Waals surface area contributed by atoms with Crippen LogP contribution in [0, 0.1) is 19.8 Å². The number of rotatable bonds is 8. The Kier molecular flexibility index (Phi) is 7.02. The second kappa shape index (κ2) is 9.97. The SMILES string of the molecule is Cc1cc(-c2cc(C(=O)NCCCN3CCCC(C(N)=O)C3)c3cnn(C(C)C)c3n2)c(C)o1. The molecule has 9 heteroatoms. The van der Waals surface area contributed by atoms with Gasteiger partial charge in [0.05, 0.1) is 28.8 Å². The third kappa shape index (κ3) is 4.99. The van der Waals surface area contributed by atoms with Crippen molar-refractivity contribution in [1.82, 2.24) is 25.0 Å². The van der Waals surface area contributed by atoms with Gasteiger partial charge in [-0.25, -0.2) is 9.67 Å². The molecule has 3 N–H and O–H groups in total. The number of carbonyl (C=O) groups is 2. The van der Waals surface area contributed by atoms with Crippen LogP contribution >= 0.6 is 0 Å². The minimum atomic E-state index is -0.222. The van der Waals surface area contributed by atoms with Gasteiger partial charge >= 0.3 is 0 Å². The summed E-state index contributed by atoms with van der Waals surface area (Å²) in [5, 5.41) is 8.27. The summed E-state index contributed by atoms with van der Waals surface area (Å²) in [4.78, 5) is 31.8. The van der Waals surface area contributed by atoms with E-state index >= 15 is 0 Å². The Bertz CT molecular complexity index is 1190. The van der Waals surface area contributed by atoms with E-state index in [1.54, 1.807) is 6.20 Å². The number of nitrogens with one attached hydrogen (secondary N) is 1. The van der Waals surface area contributed by atoms with Crippen LogP contribution in [-0.2, 0) is 4.79 Å². The Morgan fingerprint density at radius 1 is 1.29 bits per heavy atom. The topological polar surface area (TPSA) is 119 Å².